The molecular formula is C15H20F3N3O. The summed E-state index contributed by atoms with van der Waals surface area (Å²) in [6, 6.07) is 6.11. The number of morpholine rings is 1. The van der Waals surface area contributed by atoms with E-state index in [1.807, 2.05) is 11.8 Å². The minimum atomic E-state index is -2.44. The molecule has 1 aliphatic heterocycles. The highest BCUT2D eigenvalue weighted by Crippen LogP contribution is 2.25. The number of nitrogens with one attached hydrogen (secondary N) is 1. The second-order valence-electron chi connectivity index (χ2n) is 5.21. The van der Waals surface area contributed by atoms with Crippen molar-refractivity contribution in [2.75, 3.05) is 26.7 Å². The Hall–Kier alpha value is -1.76. The van der Waals surface area contributed by atoms with E-state index in [0.29, 0.717) is 19.0 Å². The lowest BCUT2D eigenvalue weighted by Crippen LogP contribution is -2.51. The number of guanidine groups is 1. The van der Waals surface area contributed by atoms with Gasteiger partial charge in [0.15, 0.2) is 5.96 Å². The topological polar surface area (TPSA) is 36.9 Å². The van der Waals surface area contributed by atoms with Crippen LogP contribution in [0.1, 0.15) is 18.6 Å². The number of hydrogen-bond acceptors (Lipinski definition) is 2. The summed E-state index contributed by atoms with van der Waals surface area (Å²) in [5.41, 5.74) is 0.849. The van der Waals surface area contributed by atoms with E-state index in [2.05, 4.69) is 10.3 Å². The van der Waals surface area contributed by atoms with Gasteiger partial charge < -0.3 is 15.0 Å². The van der Waals surface area contributed by atoms with Crippen LogP contribution in [0.4, 0.5) is 13.2 Å². The molecule has 0 amide bonds. The molecule has 2 unspecified atom stereocenters. The summed E-state index contributed by atoms with van der Waals surface area (Å²) in [5.74, 6) is 0.112. The molecule has 0 radical (unpaired) electrons. The summed E-state index contributed by atoms with van der Waals surface area (Å²) in [4.78, 5) is 5.92. The first kappa shape index (κ1) is 16.6. The van der Waals surface area contributed by atoms with Gasteiger partial charge in [-0.1, -0.05) is 12.1 Å². The van der Waals surface area contributed by atoms with Crippen molar-refractivity contribution in [3.63, 3.8) is 0 Å². The van der Waals surface area contributed by atoms with Gasteiger partial charge in [-0.05, 0) is 24.6 Å². The highest BCUT2D eigenvalue weighted by molar-refractivity contribution is 5.80. The van der Waals surface area contributed by atoms with Crippen molar-refractivity contribution in [3.8, 4) is 0 Å². The second-order valence-corrected chi connectivity index (χ2v) is 5.21. The zero-order chi connectivity index (χ0) is 16.1. The third-order valence-corrected chi connectivity index (χ3v) is 3.43. The van der Waals surface area contributed by atoms with E-state index in [1.54, 1.807) is 19.2 Å². The van der Waals surface area contributed by atoms with Crippen LogP contribution in [0.3, 0.4) is 0 Å². The van der Waals surface area contributed by atoms with Crippen LogP contribution in [0.25, 0.3) is 0 Å². The first-order valence-corrected chi connectivity index (χ1v) is 7.14. The maximum Gasteiger partial charge on any atom is 0.255 e. The number of halogens is 3. The highest BCUT2D eigenvalue weighted by Gasteiger charge is 2.28. The van der Waals surface area contributed by atoms with Crippen LogP contribution in [0.2, 0.25) is 0 Å². The molecule has 2 rings (SSSR count). The van der Waals surface area contributed by atoms with E-state index in [9.17, 15) is 13.2 Å². The van der Waals surface area contributed by atoms with Gasteiger partial charge in [-0.25, -0.2) is 13.2 Å². The molecule has 22 heavy (non-hydrogen) atoms. The molecule has 7 heteroatoms. The Kier molecular flexibility index (Phi) is 5.65. The van der Waals surface area contributed by atoms with E-state index in [-0.39, 0.29) is 18.0 Å². The lowest BCUT2D eigenvalue weighted by molar-refractivity contribution is -0.0606. The first-order chi connectivity index (χ1) is 10.5. The Morgan fingerprint density at radius 2 is 2.05 bits per heavy atom. The maximum absolute atomic E-state index is 13.0. The second kappa shape index (κ2) is 7.49. The Morgan fingerprint density at radius 3 is 2.64 bits per heavy atom. The average Bonchev–Trinajstić information content (AvgIpc) is 2.47. The Balaban J connectivity index is 2.08. The van der Waals surface area contributed by atoms with Gasteiger partial charge in [-0.2, -0.15) is 0 Å². The molecule has 1 aliphatic rings. The molecule has 1 N–H and O–H groups in total. The lowest BCUT2D eigenvalue weighted by Gasteiger charge is -2.38. The molecule has 1 saturated heterocycles. The van der Waals surface area contributed by atoms with Crippen LogP contribution in [0, 0.1) is 5.82 Å². The fourth-order valence-electron chi connectivity index (χ4n) is 2.49. The van der Waals surface area contributed by atoms with Crippen LogP contribution < -0.4 is 5.32 Å². The third-order valence-electron chi connectivity index (χ3n) is 3.43. The molecule has 0 aliphatic carbocycles. The molecule has 1 fully saturated rings. The number of rotatable bonds is 3. The Labute approximate surface area is 128 Å². The minimum Gasteiger partial charge on any atom is -0.367 e. The van der Waals surface area contributed by atoms with Crippen molar-refractivity contribution >= 4 is 5.96 Å². The van der Waals surface area contributed by atoms with Crippen LogP contribution >= 0.6 is 0 Å². The van der Waals surface area contributed by atoms with Crippen LogP contribution in [0.15, 0.2) is 29.3 Å². The van der Waals surface area contributed by atoms with Gasteiger partial charge in [0.25, 0.3) is 6.43 Å². The predicted molar refractivity (Wildman–Crippen MR) is 78.6 cm³/mol. The molecule has 1 aromatic carbocycles. The summed E-state index contributed by atoms with van der Waals surface area (Å²) in [7, 11) is 1.56. The van der Waals surface area contributed by atoms with Gasteiger partial charge in [0, 0.05) is 13.6 Å². The molecule has 1 heterocycles. The predicted octanol–water partition coefficient (Wildman–Crippen LogP) is 2.43. The van der Waals surface area contributed by atoms with Gasteiger partial charge in [0.05, 0.1) is 19.2 Å². The average molecular weight is 315 g/mol. The third kappa shape index (κ3) is 4.37. The van der Waals surface area contributed by atoms with Crippen molar-refractivity contribution in [3.05, 3.63) is 35.6 Å². The standard InChI is InChI=1S/C15H20F3N3O/c1-10-8-21(15(19-2)20-7-14(17)18)9-13(22-10)11-3-5-12(16)6-4-11/h3-6,10,13-14H,7-9H2,1-2H3,(H,19,20). The fraction of sp³-hybridized carbons (Fsp3) is 0.533. The van der Waals surface area contributed by atoms with Gasteiger partial charge in [0.1, 0.15) is 11.9 Å². The summed E-state index contributed by atoms with van der Waals surface area (Å²) >= 11 is 0. The molecule has 0 saturated carbocycles. The fourth-order valence-corrected chi connectivity index (χ4v) is 2.49. The zero-order valence-corrected chi connectivity index (χ0v) is 12.6. The van der Waals surface area contributed by atoms with Crippen molar-refractivity contribution in [1.82, 2.24) is 10.2 Å². The molecule has 122 valence electrons. The molecule has 2 atom stereocenters. The molecule has 1 aromatic rings. The summed E-state index contributed by atoms with van der Waals surface area (Å²) in [5, 5.41) is 2.65. The van der Waals surface area contributed by atoms with Crippen molar-refractivity contribution in [1.29, 1.82) is 0 Å². The van der Waals surface area contributed by atoms with Gasteiger partial charge in [-0.15, -0.1) is 0 Å². The van der Waals surface area contributed by atoms with Crippen molar-refractivity contribution in [2.45, 2.75) is 25.6 Å². The molecule has 4 nitrogen and oxygen atoms in total. The van der Waals surface area contributed by atoms with E-state index >= 15 is 0 Å². The van der Waals surface area contributed by atoms with Crippen LogP contribution in [-0.2, 0) is 4.74 Å². The van der Waals surface area contributed by atoms with E-state index in [0.717, 1.165) is 5.56 Å². The van der Waals surface area contributed by atoms with E-state index < -0.39 is 13.0 Å². The van der Waals surface area contributed by atoms with Crippen LogP contribution in [0.5, 0.6) is 0 Å². The van der Waals surface area contributed by atoms with Gasteiger partial charge in [-0.3, -0.25) is 4.99 Å². The SMILES string of the molecule is CN=C(NCC(F)F)N1CC(C)OC(c2ccc(F)cc2)C1. The number of aliphatic imine (C=N–C) groups is 1. The molecule has 0 aromatic heterocycles. The number of nitrogens with zero attached hydrogens (tertiary/aromatic N) is 2. The van der Waals surface area contributed by atoms with Gasteiger partial charge >= 0.3 is 0 Å². The highest BCUT2D eigenvalue weighted by atomic mass is 19.3. The Bertz CT molecular complexity index is 507. The van der Waals surface area contributed by atoms with Gasteiger partial charge in [0.2, 0.25) is 0 Å². The Morgan fingerprint density at radius 1 is 1.36 bits per heavy atom. The normalized spacial score (nSPS) is 23.0. The van der Waals surface area contributed by atoms with E-state index in [1.165, 1.54) is 12.1 Å². The number of hydrogen-bond donors (Lipinski definition) is 1. The lowest BCUT2D eigenvalue weighted by atomic mass is 10.1. The van der Waals surface area contributed by atoms with Crippen LogP contribution in [-0.4, -0.2) is 50.1 Å². The summed E-state index contributed by atoms with van der Waals surface area (Å²) in [6.45, 7) is 2.49. The molecule has 0 bridgehead atoms. The summed E-state index contributed by atoms with van der Waals surface area (Å²) < 4.78 is 43.6. The molecular weight excluding hydrogens is 295 g/mol. The minimum absolute atomic E-state index is 0.0890. The summed E-state index contributed by atoms with van der Waals surface area (Å²) in [6.07, 6.45) is -2.79. The quantitative estimate of drug-likeness (QED) is 0.687. The van der Waals surface area contributed by atoms with E-state index in [4.69, 9.17) is 4.74 Å². The zero-order valence-electron chi connectivity index (χ0n) is 12.6. The largest absolute Gasteiger partial charge is 0.367 e. The number of ether oxygens (including phenoxy) is 1. The number of benzene rings is 1. The monoisotopic (exact) mass is 315 g/mol. The molecule has 0 spiro atoms. The first-order valence-electron chi connectivity index (χ1n) is 7.14. The van der Waals surface area contributed by atoms with Crippen molar-refractivity contribution < 1.29 is 17.9 Å². The maximum atomic E-state index is 13.0. The number of alkyl halides is 2. The van der Waals surface area contributed by atoms with Crippen molar-refractivity contribution in [2.24, 2.45) is 4.99 Å². The smallest absolute Gasteiger partial charge is 0.255 e.